The van der Waals surface area contributed by atoms with E-state index in [-0.39, 0.29) is 7.48 Å². The second-order valence-corrected chi connectivity index (χ2v) is 10.9. The van der Waals surface area contributed by atoms with Gasteiger partial charge >= 0.3 is 7.48 Å². The summed E-state index contributed by atoms with van der Waals surface area (Å²) in [6, 6.07) is 45.7. The minimum absolute atomic E-state index is 0.0162. The fourth-order valence-electron chi connectivity index (χ4n) is 7.43. The lowest BCUT2D eigenvalue weighted by Crippen LogP contribution is -2.27. The maximum Gasteiger partial charge on any atom is 0.304 e. The SMILES string of the molecule is OBc1ccc2c(c1)C1(c3ccccc3-2)c2ccccc2-c2ccc(-c3cccc4c3oc3ccccc34)cc21. The van der Waals surface area contributed by atoms with Crippen molar-refractivity contribution in [3.8, 4) is 33.4 Å². The summed E-state index contributed by atoms with van der Waals surface area (Å²) in [5.41, 5.74) is 14.7. The number of furan rings is 1. The third kappa shape index (κ3) is 2.63. The Morgan fingerprint density at radius 2 is 1.10 bits per heavy atom. The minimum Gasteiger partial charge on any atom is -0.455 e. The average molecular weight is 510 g/mol. The molecule has 0 aliphatic heterocycles. The van der Waals surface area contributed by atoms with E-state index in [0.29, 0.717) is 0 Å². The van der Waals surface area contributed by atoms with Crippen molar-refractivity contribution >= 4 is 34.9 Å². The van der Waals surface area contributed by atoms with Crippen molar-refractivity contribution in [1.82, 2.24) is 0 Å². The third-order valence-corrected chi connectivity index (χ3v) is 9.05. The highest BCUT2D eigenvalue weighted by Crippen LogP contribution is 2.63. The summed E-state index contributed by atoms with van der Waals surface area (Å²) in [4.78, 5) is 0. The van der Waals surface area contributed by atoms with Gasteiger partial charge in [-0.05, 0) is 62.2 Å². The smallest absolute Gasteiger partial charge is 0.304 e. The number of fused-ring (bicyclic) bond motifs is 13. The van der Waals surface area contributed by atoms with Gasteiger partial charge in [0.2, 0.25) is 0 Å². The molecule has 1 aromatic heterocycles. The first kappa shape index (κ1) is 22.0. The summed E-state index contributed by atoms with van der Waals surface area (Å²) in [5.74, 6) is 0. The minimum atomic E-state index is -0.458. The molecule has 0 saturated heterocycles. The molecule has 6 aromatic carbocycles. The van der Waals surface area contributed by atoms with Crippen LogP contribution in [-0.2, 0) is 5.41 Å². The molecular formula is C37H23BO2. The molecular weight excluding hydrogens is 487 g/mol. The van der Waals surface area contributed by atoms with Gasteiger partial charge in [0.15, 0.2) is 0 Å². The van der Waals surface area contributed by atoms with Crippen LogP contribution < -0.4 is 5.46 Å². The van der Waals surface area contributed by atoms with Crippen molar-refractivity contribution in [2.45, 2.75) is 5.41 Å². The number of hydrogen-bond acceptors (Lipinski definition) is 2. The Morgan fingerprint density at radius 1 is 0.500 bits per heavy atom. The van der Waals surface area contributed by atoms with Gasteiger partial charge in [0.05, 0.1) is 5.41 Å². The first-order valence-electron chi connectivity index (χ1n) is 13.8. The van der Waals surface area contributed by atoms with Crippen molar-refractivity contribution in [1.29, 1.82) is 0 Å². The normalized spacial score (nSPS) is 16.2. The van der Waals surface area contributed by atoms with E-state index in [0.717, 1.165) is 38.5 Å². The van der Waals surface area contributed by atoms with E-state index >= 15 is 0 Å². The van der Waals surface area contributed by atoms with Gasteiger partial charge in [0.1, 0.15) is 11.2 Å². The van der Waals surface area contributed by atoms with E-state index < -0.39 is 5.41 Å². The van der Waals surface area contributed by atoms with Crippen LogP contribution in [-0.4, -0.2) is 12.5 Å². The summed E-state index contributed by atoms with van der Waals surface area (Å²) in [5, 5.41) is 12.4. The maximum atomic E-state index is 10.2. The Kier molecular flexibility index (Phi) is 4.32. The Morgan fingerprint density at radius 3 is 1.88 bits per heavy atom. The number of benzene rings is 6. The van der Waals surface area contributed by atoms with Crippen LogP contribution in [0.5, 0.6) is 0 Å². The second-order valence-electron chi connectivity index (χ2n) is 10.9. The summed E-state index contributed by atoms with van der Waals surface area (Å²) in [6.45, 7) is 0. The molecule has 0 bridgehead atoms. The van der Waals surface area contributed by atoms with Crippen molar-refractivity contribution in [2.75, 3.05) is 0 Å². The van der Waals surface area contributed by atoms with Gasteiger partial charge in [0.25, 0.3) is 0 Å². The molecule has 0 fully saturated rings. The predicted molar refractivity (Wildman–Crippen MR) is 164 cm³/mol. The van der Waals surface area contributed by atoms with Crippen LogP contribution in [0.2, 0.25) is 0 Å². The lowest BCUT2D eigenvalue weighted by Gasteiger charge is -2.31. The van der Waals surface area contributed by atoms with Gasteiger partial charge in [-0.2, -0.15) is 0 Å². The molecule has 1 heterocycles. The lowest BCUT2D eigenvalue weighted by atomic mass is 9.69. The van der Waals surface area contributed by atoms with E-state index in [1.807, 2.05) is 12.1 Å². The summed E-state index contributed by atoms with van der Waals surface area (Å²) >= 11 is 0. The van der Waals surface area contributed by atoms with Crippen LogP contribution in [0, 0.1) is 0 Å². The van der Waals surface area contributed by atoms with E-state index in [9.17, 15) is 5.02 Å². The van der Waals surface area contributed by atoms with E-state index in [1.54, 1.807) is 0 Å². The molecule has 186 valence electrons. The van der Waals surface area contributed by atoms with Crippen molar-refractivity contribution < 1.29 is 9.44 Å². The quantitative estimate of drug-likeness (QED) is 0.244. The second kappa shape index (κ2) is 7.85. The lowest BCUT2D eigenvalue weighted by molar-refractivity contribution is 0.615. The fraction of sp³-hybridized carbons (Fsp3) is 0.0270. The third-order valence-electron chi connectivity index (χ3n) is 9.05. The van der Waals surface area contributed by atoms with Gasteiger partial charge in [-0.3, -0.25) is 0 Å². The van der Waals surface area contributed by atoms with Crippen LogP contribution >= 0.6 is 0 Å². The zero-order valence-electron chi connectivity index (χ0n) is 21.7. The molecule has 40 heavy (non-hydrogen) atoms. The molecule has 1 spiro atoms. The molecule has 7 aromatic rings. The molecule has 2 aliphatic rings. The molecule has 0 saturated carbocycles. The van der Waals surface area contributed by atoms with Crippen LogP contribution in [0.25, 0.3) is 55.3 Å². The summed E-state index contributed by atoms with van der Waals surface area (Å²) in [6.07, 6.45) is 0. The number of rotatable bonds is 2. The van der Waals surface area contributed by atoms with E-state index in [2.05, 4.69) is 115 Å². The topological polar surface area (TPSA) is 33.4 Å². The summed E-state index contributed by atoms with van der Waals surface area (Å²) in [7, 11) is 0.0162. The van der Waals surface area contributed by atoms with Crippen LogP contribution in [0.3, 0.4) is 0 Å². The molecule has 2 nitrogen and oxygen atoms in total. The predicted octanol–water partition coefficient (Wildman–Crippen LogP) is 7.57. The van der Waals surface area contributed by atoms with Crippen LogP contribution in [0.1, 0.15) is 22.3 Å². The molecule has 1 atom stereocenters. The highest BCUT2D eigenvalue weighted by atomic mass is 16.3. The average Bonchev–Trinajstić information content (AvgIpc) is 3.64. The molecule has 1 N–H and O–H groups in total. The fourth-order valence-corrected chi connectivity index (χ4v) is 7.43. The molecule has 1 unspecified atom stereocenters. The van der Waals surface area contributed by atoms with Gasteiger partial charge in [-0.25, -0.2) is 0 Å². The van der Waals surface area contributed by atoms with E-state index in [4.69, 9.17) is 4.42 Å². The van der Waals surface area contributed by atoms with Gasteiger partial charge in [-0.1, -0.05) is 121 Å². The van der Waals surface area contributed by atoms with E-state index in [1.165, 1.54) is 44.5 Å². The highest BCUT2D eigenvalue weighted by molar-refractivity contribution is 6.45. The zero-order valence-corrected chi connectivity index (χ0v) is 21.7. The molecule has 3 heteroatoms. The Labute approximate surface area is 232 Å². The van der Waals surface area contributed by atoms with Crippen molar-refractivity contribution in [3.63, 3.8) is 0 Å². The van der Waals surface area contributed by atoms with Gasteiger partial charge < -0.3 is 9.44 Å². The monoisotopic (exact) mass is 510 g/mol. The number of hydrogen-bond donors (Lipinski definition) is 1. The summed E-state index contributed by atoms with van der Waals surface area (Å²) < 4.78 is 6.45. The largest absolute Gasteiger partial charge is 0.455 e. The Balaban J connectivity index is 1.39. The molecule has 9 rings (SSSR count). The van der Waals surface area contributed by atoms with Crippen LogP contribution in [0.4, 0.5) is 0 Å². The highest BCUT2D eigenvalue weighted by Gasteiger charge is 2.51. The van der Waals surface area contributed by atoms with Gasteiger partial charge in [-0.15, -0.1) is 0 Å². The molecule has 0 amide bonds. The maximum absolute atomic E-state index is 10.2. The number of para-hydroxylation sites is 2. The molecule has 0 radical (unpaired) electrons. The zero-order chi connectivity index (χ0) is 26.4. The first-order valence-corrected chi connectivity index (χ1v) is 13.8. The molecule has 2 aliphatic carbocycles. The van der Waals surface area contributed by atoms with Crippen molar-refractivity contribution in [2.24, 2.45) is 0 Å². The van der Waals surface area contributed by atoms with Gasteiger partial charge in [0, 0.05) is 16.3 Å². The first-order chi connectivity index (χ1) is 19.8. The van der Waals surface area contributed by atoms with Crippen LogP contribution in [0.15, 0.2) is 132 Å². The Hall–Kier alpha value is -4.86. The Bertz CT molecular complexity index is 2160. The van der Waals surface area contributed by atoms with Crippen molar-refractivity contribution in [3.05, 3.63) is 150 Å². The standard InChI is InChI=1S/C37H23BO2/c39-38-23-17-19-28-26-9-2-5-14-32(26)37(34(28)21-23)31-13-4-1-8-25(31)27-18-16-22(20-33(27)37)24-11-7-12-30-29-10-3-6-15-35(29)40-36(24)30/h1-21,38-39H.